The zero-order valence-corrected chi connectivity index (χ0v) is 10.8. The number of aliphatic hydroxyl groups excluding tert-OH is 1. The first-order valence-electron chi connectivity index (χ1n) is 5.27. The molecule has 17 heavy (non-hydrogen) atoms. The molecule has 0 heterocycles. The lowest BCUT2D eigenvalue weighted by Gasteiger charge is -2.25. The van der Waals surface area contributed by atoms with Crippen molar-refractivity contribution in [1.29, 1.82) is 5.26 Å². The standard InChI is InChI=1S/C12H12Cl2N2O/c1-16(3-2-15)12-9-4-7(13)5-10(14)8(9)6-11(12)17/h4-5,11-12,17H,3,6H2,1H3/t11-,12-/m0/s1. The summed E-state index contributed by atoms with van der Waals surface area (Å²) in [5.41, 5.74) is 1.85. The molecule has 3 nitrogen and oxygen atoms in total. The zero-order chi connectivity index (χ0) is 12.6. The number of likely N-dealkylation sites (N-methyl/N-ethyl adjacent to an activating group) is 1. The third kappa shape index (κ3) is 2.27. The number of fused-ring (bicyclic) bond motifs is 1. The molecule has 1 aliphatic rings. The molecule has 1 N–H and O–H groups in total. The Morgan fingerprint density at radius 3 is 2.88 bits per heavy atom. The molecule has 0 radical (unpaired) electrons. The Hall–Kier alpha value is -0.790. The monoisotopic (exact) mass is 270 g/mol. The van der Waals surface area contributed by atoms with Gasteiger partial charge in [-0.05, 0) is 30.3 Å². The van der Waals surface area contributed by atoms with Crippen LogP contribution in [0.25, 0.3) is 0 Å². The van der Waals surface area contributed by atoms with Crippen molar-refractivity contribution in [3.63, 3.8) is 0 Å². The van der Waals surface area contributed by atoms with Gasteiger partial charge < -0.3 is 5.11 Å². The Balaban J connectivity index is 2.43. The smallest absolute Gasteiger partial charge is 0.0869 e. The van der Waals surface area contributed by atoms with Crippen LogP contribution in [0.4, 0.5) is 0 Å². The largest absolute Gasteiger partial charge is 0.391 e. The average molecular weight is 271 g/mol. The molecule has 90 valence electrons. The summed E-state index contributed by atoms with van der Waals surface area (Å²) in [5.74, 6) is 0. The van der Waals surface area contributed by atoms with Crippen molar-refractivity contribution < 1.29 is 5.11 Å². The highest BCUT2D eigenvalue weighted by atomic mass is 35.5. The van der Waals surface area contributed by atoms with E-state index in [1.807, 2.05) is 11.0 Å². The molecule has 0 spiro atoms. The molecule has 0 aromatic heterocycles. The Labute approximate surface area is 110 Å². The predicted octanol–water partition coefficient (Wildman–Crippen LogP) is 2.41. The van der Waals surface area contributed by atoms with Crippen LogP contribution in [0.15, 0.2) is 12.1 Å². The molecule has 2 rings (SSSR count). The predicted molar refractivity (Wildman–Crippen MR) is 67.2 cm³/mol. The van der Waals surface area contributed by atoms with Crippen LogP contribution < -0.4 is 0 Å². The van der Waals surface area contributed by atoms with Crippen molar-refractivity contribution >= 4 is 23.2 Å². The minimum Gasteiger partial charge on any atom is -0.391 e. The molecule has 0 saturated heterocycles. The van der Waals surface area contributed by atoms with Crippen molar-refractivity contribution in [3.8, 4) is 6.07 Å². The molecule has 0 amide bonds. The molecule has 0 bridgehead atoms. The van der Waals surface area contributed by atoms with Crippen molar-refractivity contribution in [1.82, 2.24) is 4.90 Å². The first kappa shape index (κ1) is 12.7. The van der Waals surface area contributed by atoms with Gasteiger partial charge in [0, 0.05) is 16.5 Å². The van der Waals surface area contributed by atoms with E-state index >= 15 is 0 Å². The van der Waals surface area contributed by atoms with E-state index in [0.29, 0.717) is 16.5 Å². The second kappa shape index (κ2) is 4.83. The van der Waals surface area contributed by atoms with Crippen LogP contribution in [0.2, 0.25) is 10.0 Å². The Bertz CT molecular complexity index is 484. The molecule has 0 saturated carbocycles. The van der Waals surface area contributed by atoms with Crippen LogP contribution >= 0.6 is 23.2 Å². The van der Waals surface area contributed by atoms with Gasteiger partial charge >= 0.3 is 0 Å². The number of benzene rings is 1. The van der Waals surface area contributed by atoms with E-state index in [1.54, 1.807) is 13.1 Å². The quantitative estimate of drug-likeness (QED) is 0.840. The van der Waals surface area contributed by atoms with Gasteiger partial charge in [0.15, 0.2) is 0 Å². The maximum Gasteiger partial charge on any atom is 0.0869 e. The summed E-state index contributed by atoms with van der Waals surface area (Å²) in [4.78, 5) is 1.81. The summed E-state index contributed by atoms with van der Waals surface area (Å²) >= 11 is 12.1. The lowest BCUT2D eigenvalue weighted by Crippen LogP contribution is -2.31. The van der Waals surface area contributed by atoms with Gasteiger partial charge in [0.05, 0.1) is 24.8 Å². The van der Waals surface area contributed by atoms with E-state index in [-0.39, 0.29) is 12.6 Å². The fourth-order valence-corrected chi connectivity index (χ4v) is 2.96. The van der Waals surface area contributed by atoms with Crippen LogP contribution in [0.3, 0.4) is 0 Å². The van der Waals surface area contributed by atoms with Gasteiger partial charge in [0.2, 0.25) is 0 Å². The summed E-state index contributed by atoms with van der Waals surface area (Å²) in [5, 5.41) is 19.9. The first-order chi connectivity index (χ1) is 8.04. The normalized spacial score (nSPS) is 22.6. The van der Waals surface area contributed by atoms with Crippen LogP contribution in [0, 0.1) is 11.3 Å². The third-order valence-corrected chi connectivity index (χ3v) is 3.64. The van der Waals surface area contributed by atoms with Crippen molar-refractivity contribution in [2.45, 2.75) is 18.6 Å². The minimum absolute atomic E-state index is 0.208. The van der Waals surface area contributed by atoms with Gasteiger partial charge in [-0.2, -0.15) is 5.26 Å². The van der Waals surface area contributed by atoms with Gasteiger partial charge in [-0.25, -0.2) is 0 Å². The average Bonchev–Trinajstić information content (AvgIpc) is 2.55. The number of aliphatic hydroxyl groups is 1. The molecule has 0 fully saturated rings. The molecule has 0 unspecified atom stereocenters. The van der Waals surface area contributed by atoms with E-state index in [0.717, 1.165) is 11.1 Å². The highest BCUT2D eigenvalue weighted by molar-refractivity contribution is 6.35. The number of halogens is 2. The Morgan fingerprint density at radius 2 is 2.24 bits per heavy atom. The maximum atomic E-state index is 10.1. The van der Waals surface area contributed by atoms with E-state index in [4.69, 9.17) is 28.5 Å². The number of hydrogen-bond acceptors (Lipinski definition) is 3. The number of rotatable bonds is 2. The molecule has 2 atom stereocenters. The summed E-state index contributed by atoms with van der Waals surface area (Å²) in [6.45, 7) is 0.255. The molecule has 1 aromatic rings. The van der Waals surface area contributed by atoms with Crippen LogP contribution in [0.1, 0.15) is 17.2 Å². The number of hydrogen-bond donors (Lipinski definition) is 1. The van der Waals surface area contributed by atoms with Crippen molar-refractivity contribution in [3.05, 3.63) is 33.3 Å². The maximum absolute atomic E-state index is 10.1. The van der Waals surface area contributed by atoms with Gasteiger partial charge in [0.25, 0.3) is 0 Å². The molecule has 0 aliphatic heterocycles. The van der Waals surface area contributed by atoms with E-state index in [2.05, 4.69) is 6.07 Å². The topological polar surface area (TPSA) is 47.3 Å². The van der Waals surface area contributed by atoms with E-state index in [9.17, 15) is 5.11 Å². The number of nitriles is 1. The number of nitrogens with zero attached hydrogens (tertiary/aromatic N) is 2. The first-order valence-corrected chi connectivity index (χ1v) is 6.03. The Kier molecular flexibility index (Phi) is 3.60. The Morgan fingerprint density at radius 1 is 1.53 bits per heavy atom. The van der Waals surface area contributed by atoms with Crippen molar-refractivity contribution in [2.75, 3.05) is 13.6 Å². The van der Waals surface area contributed by atoms with Gasteiger partial charge in [-0.1, -0.05) is 23.2 Å². The SMILES string of the molecule is CN(CC#N)[C@H]1c2cc(Cl)cc(Cl)c2C[C@@H]1O. The molecule has 1 aromatic carbocycles. The summed E-state index contributed by atoms with van der Waals surface area (Å²) in [7, 11) is 1.81. The third-order valence-electron chi connectivity index (χ3n) is 3.09. The van der Waals surface area contributed by atoms with Crippen LogP contribution in [-0.4, -0.2) is 29.7 Å². The molecular formula is C12H12Cl2N2O. The van der Waals surface area contributed by atoms with Crippen LogP contribution in [0.5, 0.6) is 0 Å². The molecule has 1 aliphatic carbocycles. The fraction of sp³-hybridized carbons (Fsp3) is 0.417. The molecule has 5 heteroatoms. The summed E-state index contributed by atoms with van der Waals surface area (Å²) in [6, 6.07) is 5.37. The van der Waals surface area contributed by atoms with E-state index < -0.39 is 6.10 Å². The lowest BCUT2D eigenvalue weighted by atomic mass is 10.1. The van der Waals surface area contributed by atoms with Gasteiger partial charge in [0.1, 0.15) is 0 Å². The lowest BCUT2D eigenvalue weighted by molar-refractivity contribution is 0.0835. The van der Waals surface area contributed by atoms with E-state index in [1.165, 1.54) is 0 Å². The minimum atomic E-state index is -0.542. The highest BCUT2D eigenvalue weighted by Gasteiger charge is 2.35. The van der Waals surface area contributed by atoms with Crippen molar-refractivity contribution in [2.24, 2.45) is 0 Å². The zero-order valence-electron chi connectivity index (χ0n) is 9.32. The van der Waals surface area contributed by atoms with Gasteiger partial charge in [-0.15, -0.1) is 0 Å². The van der Waals surface area contributed by atoms with Gasteiger partial charge in [-0.3, -0.25) is 4.90 Å². The second-order valence-corrected chi connectivity index (χ2v) is 5.09. The fourth-order valence-electron chi connectivity index (χ4n) is 2.37. The highest BCUT2D eigenvalue weighted by Crippen LogP contribution is 2.40. The van der Waals surface area contributed by atoms with Crippen LogP contribution in [-0.2, 0) is 6.42 Å². The molecular weight excluding hydrogens is 259 g/mol. The second-order valence-electron chi connectivity index (χ2n) is 4.24. The summed E-state index contributed by atoms with van der Waals surface area (Å²) in [6.07, 6.45) is -0.0366. The summed E-state index contributed by atoms with van der Waals surface area (Å²) < 4.78 is 0.